The molecule has 0 aliphatic rings. The van der Waals surface area contributed by atoms with Crippen molar-refractivity contribution in [1.82, 2.24) is 20.3 Å². The highest BCUT2D eigenvalue weighted by atomic mass is 35.5. The fourth-order valence-electron chi connectivity index (χ4n) is 2.19. The van der Waals surface area contributed by atoms with Gasteiger partial charge in [-0.05, 0) is 42.8 Å². The van der Waals surface area contributed by atoms with E-state index in [4.69, 9.17) is 11.6 Å². The molecular formula is C17H22ClN5O2S. The SMILES string of the molecule is CN=C(NCCc1ccc(Cl)nc1)NCc1ccc(S(=O)(=O)NC)cc1. The molecule has 0 radical (unpaired) electrons. The summed E-state index contributed by atoms with van der Waals surface area (Å²) >= 11 is 5.77. The molecule has 1 heterocycles. The molecule has 0 saturated heterocycles. The largest absolute Gasteiger partial charge is 0.356 e. The lowest BCUT2D eigenvalue weighted by molar-refractivity contribution is 0.588. The van der Waals surface area contributed by atoms with E-state index in [2.05, 4.69) is 25.3 Å². The predicted octanol–water partition coefficient (Wildman–Crippen LogP) is 1.55. The van der Waals surface area contributed by atoms with Crippen molar-refractivity contribution in [3.63, 3.8) is 0 Å². The molecule has 9 heteroatoms. The van der Waals surface area contributed by atoms with Crippen LogP contribution in [0.3, 0.4) is 0 Å². The maximum absolute atomic E-state index is 11.7. The minimum absolute atomic E-state index is 0.239. The Morgan fingerprint density at radius 2 is 1.81 bits per heavy atom. The number of hydrogen-bond acceptors (Lipinski definition) is 4. The van der Waals surface area contributed by atoms with Crippen LogP contribution < -0.4 is 15.4 Å². The third-order valence-electron chi connectivity index (χ3n) is 3.68. The Morgan fingerprint density at radius 1 is 1.12 bits per heavy atom. The van der Waals surface area contributed by atoms with E-state index in [1.807, 2.05) is 6.07 Å². The highest BCUT2D eigenvalue weighted by molar-refractivity contribution is 7.89. The standard InChI is InChI=1S/C17H22ClN5O2S/c1-19-17(21-10-9-14-5-8-16(18)22-11-14)23-12-13-3-6-15(7-4-13)26(24,25)20-2/h3-8,11,20H,9-10,12H2,1-2H3,(H2,19,21,23). The number of rotatable bonds is 7. The van der Waals surface area contributed by atoms with Gasteiger partial charge in [-0.1, -0.05) is 29.8 Å². The Bertz CT molecular complexity index is 836. The van der Waals surface area contributed by atoms with Crippen molar-refractivity contribution in [2.24, 2.45) is 4.99 Å². The molecule has 0 amide bonds. The number of nitrogens with zero attached hydrogens (tertiary/aromatic N) is 2. The molecular weight excluding hydrogens is 374 g/mol. The summed E-state index contributed by atoms with van der Waals surface area (Å²) in [6.07, 6.45) is 2.54. The molecule has 140 valence electrons. The molecule has 0 saturated carbocycles. The van der Waals surface area contributed by atoms with Gasteiger partial charge in [-0.25, -0.2) is 18.1 Å². The summed E-state index contributed by atoms with van der Waals surface area (Å²) in [7, 11) is -0.326. The number of benzene rings is 1. The second-order valence-electron chi connectivity index (χ2n) is 5.44. The number of aliphatic imine (C=N–C) groups is 1. The van der Waals surface area contributed by atoms with Gasteiger partial charge in [0, 0.05) is 26.3 Å². The van der Waals surface area contributed by atoms with Crippen molar-refractivity contribution >= 4 is 27.6 Å². The van der Waals surface area contributed by atoms with E-state index in [1.165, 1.54) is 7.05 Å². The average Bonchev–Trinajstić information content (AvgIpc) is 2.66. The van der Waals surface area contributed by atoms with Crippen LogP contribution in [0.4, 0.5) is 0 Å². The fourth-order valence-corrected chi connectivity index (χ4v) is 3.03. The van der Waals surface area contributed by atoms with Crippen LogP contribution in [0.5, 0.6) is 0 Å². The maximum atomic E-state index is 11.7. The van der Waals surface area contributed by atoms with Gasteiger partial charge >= 0.3 is 0 Å². The minimum Gasteiger partial charge on any atom is -0.356 e. The molecule has 2 rings (SSSR count). The van der Waals surface area contributed by atoms with Crippen molar-refractivity contribution in [1.29, 1.82) is 0 Å². The van der Waals surface area contributed by atoms with E-state index >= 15 is 0 Å². The number of sulfonamides is 1. The number of aromatic nitrogens is 1. The van der Waals surface area contributed by atoms with Crippen LogP contribution in [0.25, 0.3) is 0 Å². The Morgan fingerprint density at radius 3 is 2.38 bits per heavy atom. The molecule has 1 aromatic carbocycles. The van der Waals surface area contributed by atoms with E-state index in [0.29, 0.717) is 24.2 Å². The van der Waals surface area contributed by atoms with Gasteiger partial charge < -0.3 is 10.6 Å². The molecule has 2 aromatic rings. The molecule has 0 spiro atoms. The van der Waals surface area contributed by atoms with Crippen LogP contribution in [-0.2, 0) is 23.0 Å². The minimum atomic E-state index is -3.41. The molecule has 0 aliphatic heterocycles. The summed E-state index contributed by atoms with van der Waals surface area (Å²) in [6, 6.07) is 10.4. The summed E-state index contributed by atoms with van der Waals surface area (Å²) in [4.78, 5) is 8.46. The lowest BCUT2D eigenvalue weighted by Crippen LogP contribution is -2.37. The van der Waals surface area contributed by atoms with Gasteiger partial charge in [0.25, 0.3) is 0 Å². The Hall–Kier alpha value is -2.16. The molecule has 0 atom stereocenters. The van der Waals surface area contributed by atoms with Gasteiger partial charge in [0.1, 0.15) is 5.15 Å². The van der Waals surface area contributed by atoms with Crippen LogP contribution in [0.2, 0.25) is 5.15 Å². The molecule has 0 aliphatic carbocycles. The quantitative estimate of drug-likeness (QED) is 0.375. The predicted molar refractivity (Wildman–Crippen MR) is 104 cm³/mol. The number of halogens is 1. The van der Waals surface area contributed by atoms with Crippen molar-refractivity contribution in [2.45, 2.75) is 17.9 Å². The highest BCUT2D eigenvalue weighted by Gasteiger charge is 2.10. The number of nitrogens with one attached hydrogen (secondary N) is 3. The molecule has 3 N–H and O–H groups in total. The van der Waals surface area contributed by atoms with Gasteiger partial charge in [-0.3, -0.25) is 4.99 Å². The van der Waals surface area contributed by atoms with E-state index < -0.39 is 10.0 Å². The van der Waals surface area contributed by atoms with Gasteiger partial charge in [-0.2, -0.15) is 0 Å². The summed E-state index contributed by atoms with van der Waals surface area (Å²) in [5, 5.41) is 6.89. The van der Waals surface area contributed by atoms with Crippen LogP contribution in [0.15, 0.2) is 52.5 Å². The van der Waals surface area contributed by atoms with Gasteiger partial charge in [-0.15, -0.1) is 0 Å². The summed E-state index contributed by atoms with van der Waals surface area (Å²) in [5.41, 5.74) is 2.03. The average molecular weight is 396 g/mol. The van der Waals surface area contributed by atoms with E-state index in [0.717, 1.165) is 17.5 Å². The van der Waals surface area contributed by atoms with Crippen LogP contribution >= 0.6 is 11.6 Å². The van der Waals surface area contributed by atoms with Crippen molar-refractivity contribution in [2.75, 3.05) is 20.6 Å². The van der Waals surface area contributed by atoms with Crippen LogP contribution in [0.1, 0.15) is 11.1 Å². The first-order valence-corrected chi connectivity index (χ1v) is 9.88. The third kappa shape index (κ3) is 5.98. The number of hydrogen-bond donors (Lipinski definition) is 3. The third-order valence-corrected chi connectivity index (χ3v) is 5.33. The molecule has 26 heavy (non-hydrogen) atoms. The molecule has 0 fully saturated rings. The van der Waals surface area contributed by atoms with Crippen molar-refractivity contribution in [3.05, 3.63) is 58.9 Å². The first-order chi connectivity index (χ1) is 12.4. The molecule has 0 bridgehead atoms. The Kier molecular flexibility index (Phi) is 7.38. The second-order valence-corrected chi connectivity index (χ2v) is 7.72. The van der Waals surface area contributed by atoms with Gasteiger partial charge in [0.15, 0.2) is 5.96 Å². The number of guanidine groups is 1. The topological polar surface area (TPSA) is 95.5 Å². The van der Waals surface area contributed by atoms with Crippen molar-refractivity contribution in [3.8, 4) is 0 Å². The Balaban J connectivity index is 1.82. The highest BCUT2D eigenvalue weighted by Crippen LogP contribution is 2.10. The fraction of sp³-hybridized carbons (Fsp3) is 0.294. The smallest absolute Gasteiger partial charge is 0.240 e. The summed E-state index contributed by atoms with van der Waals surface area (Å²) < 4.78 is 25.7. The summed E-state index contributed by atoms with van der Waals surface area (Å²) in [6.45, 7) is 1.23. The van der Waals surface area contributed by atoms with Crippen LogP contribution in [0, 0.1) is 0 Å². The van der Waals surface area contributed by atoms with E-state index in [9.17, 15) is 8.42 Å². The van der Waals surface area contributed by atoms with E-state index in [-0.39, 0.29) is 4.90 Å². The lowest BCUT2D eigenvalue weighted by Gasteiger charge is -2.12. The summed E-state index contributed by atoms with van der Waals surface area (Å²) in [5.74, 6) is 0.666. The zero-order valence-corrected chi connectivity index (χ0v) is 16.2. The normalized spacial score (nSPS) is 12.0. The zero-order valence-electron chi connectivity index (χ0n) is 14.7. The van der Waals surface area contributed by atoms with Gasteiger partial charge in [0.2, 0.25) is 10.0 Å². The van der Waals surface area contributed by atoms with Crippen LogP contribution in [-0.4, -0.2) is 40.0 Å². The van der Waals surface area contributed by atoms with Gasteiger partial charge in [0.05, 0.1) is 4.90 Å². The van der Waals surface area contributed by atoms with Crippen molar-refractivity contribution < 1.29 is 8.42 Å². The first-order valence-electron chi connectivity index (χ1n) is 8.02. The Labute approximate surface area is 159 Å². The maximum Gasteiger partial charge on any atom is 0.240 e. The first kappa shape index (κ1) is 20.2. The number of pyridine rings is 1. The second kappa shape index (κ2) is 9.51. The molecule has 7 nitrogen and oxygen atoms in total. The zero-order chi connectivity index (χ0) is 19.0. The monoisotopic (exact) mass is 395 g/mol. The lowest BCUT2D eigenvalue weighted by atomic mass is 10.2. The molecule has 1 aromatic heterocycles. The van der Waals surface area contributed by atoms with E-state index in [1.54, 1.807) is 43.6 Å². The molecule has 0 unspecified atom stereocenters.